The number of nitrogens with zero attached hydrogens (tertiary/aromatic N) is 2. The second-order valence-corrected chi connectivity index (χ2v) is 7.71. The van der Waals surface area contributed by atoms with Gasteiger partial charge in [0.1, 0.15) is 5.82 Å². The summed E-state index contributed by atoms with van der Waals surface area (Å²) in [6.07, 6.45) is 3.73. The first-order chi connectivity index (χ1) is 14.6. The fourth-order valence-electron chi connectivity index (χ4n) is 3.34. The highest BCUT2D eigenvalue weighted by Gasteiger charge is 2.15. The molecule has 7 heteroatoms. The molecule has 0 saturated carbocycles. The Balaban J connectivity index is 1.56. The lowest BCUT2D eigenvalue weighted by Crippen LogP contribution is -2.41. The van der Waals surface area contributed by atoms with Crippen LogP contribution in [0.5, 0.6) is 0 Å². The molecule has 0 fully saturated rings. The monoisotopic (exact) mass is 426 g/mol. The predicted molar refractivity (Wildman–Crippen MR) is 121 cm³/mol. The van der Waals surface area contributed by atoms with Gasteiger partial charge in [0.2, 0.25) is 0 Å². The summed E-state index contributed by atoms with van der Waals surface area (Å²) in [5.74, 6) is 0.447. The quantitative estimate of drug-likeness (QED) is 0.494. The van der Waals surface area contributed by atoms with Crippen molar-refractivity contribution in [3.63, 3.8) is 0 Å². The largest absolute Gasteiger partial charge is 0.338 e. The van der Waals surface area contributed by atoms with Crippen molar-refractivity contribution >= 4 is 28.5 Å². The van der Waals surface area contributed by atoms with Crippen molar-refractivity contribution < 1.29 is 4.79 Å². The number of hydrogen-bond donors (Lipinski definition) is 2. The topological polar surface area (TPSA) is 78.1 Å². The van der Waals surface area contributed by atoms with Crippen LogP contribution >= 0.6 is 11.6 Å². The van der Waals surface area contributed by atoms with Gasteiger partial charge in [-0.1, -0.05) is 48.9 Å². The molecule has 0 saturated heterocycles. The highest BCUT2D eigenvalue weighted by atomic mass is 35.5. The van der Waals surface area contributed by atoms with Crippen LogP contribution in [-0.4, -0.2) is 34.0 Å². The number of benzene rings is 2. The maximum absolute atomic E-state index is 12.6. The van der Waals surface area contributed by atoms with Crippen LogP contribution in [0.25, 0.3) is 10.9 Å². The average Bonchev–Trinajstić information content (AvgIpc) is 2.73. The van der Waals surface area contributed by atoms with E-state index in [0.29, 0.717) is 34.8 Å². The molecule has 0 spiro atoms. The molecule has 0 unspecified atom stereocenters. The molecule has 2 aromatic carbocycles. The van der Waals surface area contributed by atoms with Gasteiger partial charge in [-0.05, 0) is 49.4 Å². The minimum atomic E-state index is -0.232. The fraction of sp³-hybridized carbons (Fsp3) is 0.348. The first kappa shape index (κ1) is 21.8. The molecule has 2 N–H and O–H groups in total. The maximum Gasteiger partial charge on any atom is 0.317 e. The van der Waals surface area contributed by atoms with E-state index in [1.807, 2.05) is 25.1 Å². The number of amides is 2. The minimum Gasteiger partial charge on any atom is -0.338 e. The third-order valence-electron chi connectivity index (χ3n) is 4.85. The van der Waals surface area contributed by atoms with Gasteiger partial charge in [-0.25, -0.2) is 9.78 Å². The molecule has 0 aliphatic heterocycles. The second kappa shape index (κ2) is 10.8. The normalized spacial score (nSPS) is 10.9. The molecule has 0 radical (unpaired) electrons. The number of hydrogen-bond acceptors (Lipinski definition) is 3. The van der Waals surface area contributed by atoms with Gasteiger partial charge in [0.15, 0.2) is 0 Å². The SMILES string of the molecule is CCCN(Cc1nc2cc(Cl)ccc2c(=O)[nH]1)C(=O)NCCCCc1ccccc1. The van der Waals surface area contributed by atoms with Crippen molar-refractivity contribution in [1.29, 1.82) is 0 Å². The van der Waals surface area contributed by atoms with E-state index in [-0.39, 0.29) is 18.1 Å². The fourth-order valence-corrected chi connectivity index (χ4v) is 3.51. The number of rotatable bonds is 9. The van der Waals surface area contributed by atoms with Crippen molar-refractivity contribution in [3.05, 3.63) is 75.3 Å². The predicted octanol–water partition coefficient (Wildman–Crippen LogP) is 4.52. The zero-order chi connectivity index (χ0) is 21.3. The van der Waals surface area contributed by atoms with Gasteiger partial charge in [0.05, 0.1) is 17.4 Å². The number of carbonyl (C=O) groups excluding carboxylic acids is 1. The van der Waals surface area contributed by atoms with E-state index in [1.54, 1.807) is 23.1 Å². The van der Waals surface area contributed by atoms with Crippen molar-refractivity contribution in [3.8, 4) is 0 Å². The van der Waals surface area contributed by atoms with Crippen LogP contribution in [0.2, 0.25) is 5.02 Å². The number of nitrogens with one attached hydrogen (secondary N) is 2. The minimum absolute atomic E-state index is 0.148. The Bertz CT molecular complexity index is 1040. The van der Waals surface area contributed by atoms with Gasteiger partial charge in [0, 0.05) is 18.1 Å². The Morgan fingerprint density at radius 3 is 2.73 bits per heavy atom. The van der Waals surface area contributed by atoms with E-state index in [9.17, 15) is 9.59 Å². The first-order valence-electron chi connectivity index (χ1n) is 10.3. The Morgan fingerprint density at radius 1 is 1.17 bits per heavy atom. The summed E-state index contributed by atoms with van der Waals surface area (Å²) in [6.45, 7) is 3.44. The molecule has 0 aliphatic rings. The number of aryl methyl sites for hydroxylation is 1. The van der Waals surface area contributed by atoms with Crippen LogP contribution in [-0.2, 0) is 13.0 Å². The van der Waals surface area contributed by atoms with Crippen molar-refractivity contribution in [2.45, 2.75) is 39.2 Å². The molecule has 2 amide bonds. The maximum atomic E-state index is 12.6. The zero-order valence-electron chi connectivity index (χ0n) is 17.2. The smallest absolute Gasteiger partial charge is 0.317 e. The first-order valence-corrected chi connectivity index (χ1v) is 10.7. The summed E-state index contributed by atoms with van der Waals surface area (Å²) in [7, 11) is 0. The molecule has 1 aromatic heterocycles. The van der Waals surface area contributed by atoms with E-state index in [4.69, 9.17) is 11.6 Å². The molecule has 0 aliphatic carbocycles. The second-order valence-electron chi connectivity index (χ2n) is 7.27. The summed E-state index contributed by atoms with van der Waals surface area (Å²) in [4.78, 5) is 33.9. The Hall–Kier alpha value is -2.86. The van der Waals surface area contributed by atoms with Gasteiger partial charge in [0.25, 0.3) is 5.56 Å². The van der Waals surface area contributed by atoms with Gasteiger partial charge in [-0.15, -0.1) is 0 Å². The summed E-state index contributed by atoms with van der Waals surface area (Å²) < 4.78 is 0. The molecule has 1 heterocycles. The Kier molecular flexibility index (Phi) is 7.85. The molecule has 0 bridgehead atoms. The highest BCUT2D eigenvalue weighted by Crippen LogP contribution is 2.15. The molecular weight excluding hydrogens is 400 g/mol. The van der Waals surface area contributed by atoms with E-state index < -0.39 is 0 Å². The number of H-pyrrole nitrogens is 1. The lowest BCUT2D eigenvalue weighted by Gasteiger charge is -2.22. The van der Waals surface area contributed by atoms with Crippen LogP contribution < -0.4 is 10.9 Å². The van der Waals surface area contributed by atoms with Crippen LogP contribution in [0.4, 0.5) is 4.79 Å². The van der Waals surface area contributed by atoms with Crippen LogP contribution in [0.15, 0.2) is 53.3 Å². The van der Waals surface area contributed by atoms with Gasteiger partial charge in [-0.3, -0.25) is 4.79 Å². The third kappa shape index (κ3) is 6.07. The molecule has 3 aromatic rings. The van der Waals surface area contributed by atoms with Crippen LogP contribution in [0, 0.1) is 0 Å². The summed E-state index contributed by atoms with van der Waals surface area (Å²) in [5, 5.41) is 3.98. The van der Waals surface area contributed by atoms with E-state index in [2.05, 4.69) is 27.4 Å². The van der Waals surface area contributed by atoms with Crippen LogP contribution in [0.3, 0.4) is 0 Å². The number of carbonyl (C=O) groups is 1. The van der Waals surface area contributed by atoms with Gasteiger partial charge in [-0.2, -0.15) is 0 Å². The lowest BCUT2D eigenvalue weighted by atomic mass is 10.1. The molecule has 30 heavy (non-hydrogen) atoms. The summed E-state index contributed by atoms with van der Waals surface area (Å²) in [5.41, 5.74) is 1.60. The third-order valence-corrected chi connectivity index (χ3v) is 5.09. The molecule has 6 nitrogen and oxygen atoms in total. The van der Waals surface area contributed by atoms with Crippen molar-refractivity contribution in [2.24, 2.45) is 0 Å². The number of aromatic amines is 1. The number of fused-ring (bicyclic) bond motifs is 1. The van der Waals surface area contributed by atoms with Crippen LogP contribution in [0.1, 0.15) is 37.6 Å². The Morgan fingerprint density at radius 2 is 1.97 bits per heavy atom. The summed E-state index contributed by atoms with van der Waals surface area (Å²) >= 11 is 6.02. The average molecular weight is 427 g/mol. The van der Waals surface area contributed by atoms with E-state index in [1.165, 1.54) is 5.56 Å². The molecule has 3 rings (SSSR count). The molecule has 158 valence electrons. The molecule has 0 atom stereocenters. The number of aromatic nitrogens is 2. The lowest BCUT2D eigenvalue weighted by molar-refractivity contribution is 0.193. The number of unbranched alkanes of at least 4 members (excludes halogenated alkanes) is 1. The van der Waals surface area contributed by atoms with E-state index >= 15 is 0 Å². The standard InChI is InChI=1S/C23H27ClN4O2/c1-2-14-28(23(30)25-13-7-6-10-17-8-4-3-5-9-17)16-21-26-20-15-18(24)11-12-19(20)22(29)27-21/h3-5,8-9,11-12,15H,2,6-7,10,13-14,16H2,1H3,(H,25,30)(H,26,27,29). The highest BCUT2D eigenvalue weighted by molar-refractivity contribution is 6.31. The zero-order valence-corrected chi connectivity index (χ0v) is 17.9. The Labute approximate surface area is 181 Å². The van der Waals surface area contributed by atoms with Crippen molar-refractivity contribution in [1.82, 2.24) is 20.2 Å². The van der Waals surface area contributed by atoms with Gasteiger partial charge >= 0.3 is 6.03 Å². The van der Waals surface area contributed by atoms with E-state index in [0.717, 1.165) is 25.7 Å². The molecular formula is C23H27ClN4O2. The number of halogens is 1. The van der Waals surface area contributed by atoms with Crippen molar-refractivity contribution in [2.75, 3.05) is 13.1 Å². The number of urea groups is 1. The van der Waals surface area contributed by atoms with Gasteiger partial charge < -0.3 is 15.2 Å². The summed E-state index contributed by atoms with van der Waals surface area (Å²) in [6, 6.07) is 15.2.